The quantitative estimate of drug-likeness (QED) is 0.322. The van der Waals surface area contributed by atoms with E-state index in [4.69, 9.17) is 4.74 Å². The largest absolute Gasteiger partial charge is 0.492 e. The molecule has 0 aromatic heterocycles. The van der Waals surface area contributed by atoms with Crippen LogP contribution in [0.25, 0.3) is 11.1 Å². The van der Waals surface area contributed by atoms with Gasteiger partial charge in [0.25, 0.3) is 0 Å². The second-order valence-corrected chi connectivity index (χ2v) is 13.2. The Kier molecular flexibility index (Phi) is 9.04. The molecule has 3 aromatic carbocycles. The minimum atomic E-state index is -4.60. The van der Waals surface area contributed by atoms with Crippen LogP contribution >= 0.6 is 0 Å². The van der Waals surface area contributed by atoms with Gasteiger partial charge in [-0.05, 0) is 65.9 Å². The molecule has 4 atom stereocenters. The number of nitrogens with one attached hydrogen (secondary N) is 1. The summed E-state index contributed by atoms with van der Waals surface area (Å²) in [6, 6.07) is 11.7. The van der Waals surface area contributed by atoms with Crippen LogP contribution in [0.2, 0.25) is 0 Å². The summed E-state index contributed by atoms with van der Waals surface area (Å²) in [7, 11) is -4.30. The van der Waals surface area contributed by atoms with Crippen molar-refractivity contribution in [3.63, 3.8) is 0 Å². The molecule has 14 heteroatoms. The highest BCUT2D eigenvalue weighted by Crippen LogP contribution is 2.42. The SMILES string of the molecule is O=S1(=O)NC[C@H](O)CN(Cc2ccc(F)c(F)c2)CC2(COc3cc(-c4cccc(C(F)(F)F)c4)ccc31)C[C@@H](O)[C@@H](O)C2. The summed E-state index contributed by atoms with van der Waals surface area (Å²) in [6.07, 6.45) is -8.06. The topological polar surface area (TPSA) is 119 Å². The summed E-state index contributed by atoms with van der Waals surface area (Å²) in [6.45, 7) is -0.627. The number of fused-ring (bicyclic) bond motifs is 1. The predicted octanol–water partition coefficient (Wildman–Crippen LogP) is 3.69. The Bertz CT molecular complexity index is 1610. The fraction of sp³-hybridized carbons (Fsp3) is 0.400. The number of rotatable bonds is 3. The molecule has 44 heavy (non-hydrogen) atoms. The van der Waals surface area contributed by atoms with Gasteiger partial charge in [-0.15, -0.1) is 0 Å². The standard InChI is InChI=1S/C30H31F5N2O6S/c31-23-6-4-18(8-24(23)32)14-37-15-22(38)13-36-44(41,42)28-7-5-20(19-2-1-3-21(9-19)30(33,34)35)10-27(28)43-17-29(16-37)11-25(39)26(40)12-29/h1-10,22,25-26,36,38-40H,11-17H2/t22-,25-,26+,29?/m0/s1. The van der Waals surface area contributed by atoms with Gasteiger partial charge in [0.1, 0.15) is 10.6 Å². The molecule has 1 heterocycles. The first-order valence-electron chi connectivity index (χ1n) is 13.8. The molecule has 238 valence electrons. The van der Waals surface area contributed by atoms with Crippen molar-refractivity contribution in [1.29, 1.82) is 0 Å². The van der Waals surface area contributed by atoms with Crippen LogP contribution in [-0.2, 0) is 22.7 Å². The number of alkyl halides is 3. The van der Waals surface area contributed by atoms with Gasteiger partial charge in [-0.1, -0.05) is 24.3 Å². The molecule has 0 saturated heterocycles. The van der Waals surface area contributed by atoms with Crippen molar-refractivity contribution < 1.29 is 50.4 Å². The highest BCUT2D eigenvalue weighted by molar-refractivity contribution is 7.89. The molecule has 1 unspecified atom stereocenters. The smallest absolute Gasteiger partial charge is 0.416 e. The van der Waals surface area contributed by atoms with Crippen molar-refractivity contribution in [2.75, 3.05) is 26.2 Å². The second-order valence-electron chi connectivity index (χ2n) is 11.5. The fourth-order valence-corrected chi connectivity index (χ4v) is 7.06. The fourth-order valence-electron chi connectivity index (χ4n) is 5.87. The van der Waals surface area contributed by atoms with Gasteiger partial charge in [0, 0.05) is 31.6 Å². The Balaban J connectivity index is 1.53. The molecule has 0 bridgehead atoms. The van der Waals surface area contributed by atoms with Crippen LogP contribution in [0.15, 0.2) is 65.6 Å². The third-order valence-electron chi connectivity index (χ3n) is 7.95. The Hall–Kier alpha value is -3.14. The number of hydrogen-bond acceptors (Lipinski definition) is 7. The molecule has 5 rings (SSSR count). The zero-order valence-electron chi connectivity index (χ0n) is 23.3. The number of benzene rings is 3. The summed E-state index contributed by atoms with van der Waals surface area (Å²) >= 11 is 0. The maximum atomic E-state index is 14.0. The van der Waals surface area contributed by atoms with Crippen LogP contribution in [0.5, 0.6) is 5.75 Å². The van der Waals surface area contributed by atoms with Gasteiger partial charge in [0.05, 0.1) is 30.5 Å². The van der Waals surface area contributed by atoms with Gasteiger partial charge in [-0.2, -0.15) is 13.2 Å². The van der Waals surface area contributed by atoms with Crippen LogP contribution in [-0.4, -0.2) is 73.2 Å². The summed E-state index contributed by atoms with van der Waals surface area (Å²) in [5.74, 6) is -2.28. The van der Waals surface area contributed by atoms with Crippen molar-refractivity contribution in [2.45, 2.75) is 48.8 Å². The molecule has 1 aliphatic heterocycles. The highest BCUT2D eigenvalue weighted by Gasteiger charge is 2.46. The lowest BCUT2D eigenvalue weighted by Gasteiger charge is -2.37. The molecule has 8 nitrogen and oxygen atoms in total. The monoisotopic (exact) mass is 642 g/mol. The van der Waals surface area contributed by atoms with Crippen LogP contribution in [0.4, 0.5) is 22.0 Å². The van der Waals surface area contributed by atoms with Crippen LogP contribution in [0.1, 0.15) is 24.0 Å². The van der Waals surface area contributed by atoms with Crippen molar-refractivity contribution in [2.24, 2.45) is 5.41 Å². The van der Waals surface area contributed by atoms with E-state index in [1.165, 1.54) is 36.4 Å². The number of β-amino-alcohol motifs (C(OH)–C–C–N with tert-alkyl or cyclic N) is 1. The lowest BCUT2D eigenvalue weighted by molar-refractivity contribution is -0.137. The van der Waals surface area contributed by atoms with Crippen molar-refractivity contribution in [1.82, 2.24) is 9.62 Å². The van der Waals surface area contributed by atoms with Crippen molar-refractivity contribution >= 4 is 10.0 Å². The van der Waals surface area contributed by atoms with E-state index in [9.17, 15) is 45.7 Å². The molecule has 1 fully saturated rings. The third-order valence-corrected chi connectivity index (χ3v) is 9.41. The van der Waals surface area contributed by atoms with Gasteiger partial charge in [0.15, 0.2) is 11.6 Å². The molecule has 0 radical (unpaired) electrons. The molecule has 2 aliphatic rings. The maximum absolute atomic E-state index is 14.0. The van der Waals surface area contributed by atoms with Crippen LogP contribution < -0.4 is 9.46 Å². The number of aliphatic hydroxyl groups is 3. The minimum Gasteiger partial charge on any atom is -0.492 e. The lowest BCUT2D eigenvalue weighted by Crippen LogP contribution is -2.46. The highest BCUT2D eigenvalue weighted by atomic mass is 32.2. The first-order valence-corrected chi connectivity index (χ1v) is 15.3. The summed E-state index contributed by atoms with van der Waals surface area (Å²) < 4.78 is 103. The average molecular weight is 643 g/mol. The summed E-state index contributed by atoms with van der Waals surface area (Å²) in [4.78, 5) is 1.37. The van der Waals surface area contributed by atoms with E-state index in [2.05, 4.69) is 4.72 Å². The van der Waals surface area contributed by atoms with Crippen molar-refractivity contribution in [3.8, 4) is 16.9 Å². The molecule has 4 N–H and O–H groups in total. The van der Waals surface area contributed by atoms with Gasteiger partial charge in [-0.25, -0.2) is 21.9 Å². The predicted molar refractivity (Wildman–Crippen MR) is 149 cm³/mol. The van der Waals surface area contributed by atoms with E-state index in [1.807, 2.05) is 0 Å². The van der Waals surface area contributed by atoms with Gasteiger partial charge >= 0.3 is 6.18 Å². The van der Waals surface area contributed by atoms with Gasteiger partial charge in [0.2, 0.25) is 10.0 Å². The Morgan fingerprint density at radius 2 is 1.64 bits per heavy atom. The second kappa shape index (κ2) is 12.3. The van der Waals surface area contributed by atoms with Crippen LogP contribution in [0, 0.1) is 17.0 Å². The number of sulfonamides is 1. The number of halogens is 5. The minimum absolute atomic E-state index is 0.0191. The zero-order valence-corrected chi connectivity index (χ0v) is 24.1. The van der Waals surface area contributed by atoms with E-state index in [0.717, 1.165) is 24.3 Å². The third kappa shape index (κ3) is 7.22. The Labute approximate surface area is 250 Å². The number of aliphatic hydroxyl groups excluding tert-OH is 3. The number of hydrogen-bond donors (Lipinski definition) is 4. The first kappa shape index (κ1) is 32.3. The van der Waals surface area contributed by atoms with E-state index in [1.54, 1.807) is 4.90 Å². The summed E-state index contributed by atoms with van der Waals surface area (Å²) in [5.41, 5.74) is -1.09. The van der Waals surface area contributed by atoms with E-state index in [-0.39, 0.29) is 60.9 Å². The van der Waals surface area contributed by atoms with Gasteiger partial charge < -0.3 is 20.1 Å². The normalized spacial score (nSPS) is 26.4. The van der Waals surface area contributed by atoms with E-state index in [0.29, 0.717) is 5.56 Å². The van der Waals surface area contributed by atoms with Gasteiger partial charge in [-0.3, -0.25) is 4.90 Å². The Morgan fingerprint density at radius 1 is 0.932 bits per heavy atom. The van der Waals surface area contributed by atoms with E-state index < -0.39 is 63.7 Å². The molecular formula is C30H31F5N2O6S. The molecular weight excluding hydrogens is 611 g/mol. The molecule has 0 amide bonds. The number of nitrogens with zero attached hydrogens (tertiary/aromatic N) is 1. The van der Waals surface area contributed by atoms with Crippen LogP contribution in [0.3, 0.4) is 0 Å². The lowest BCUT2D eigenvalue weighted by atomic mass is 9.85. The van der Waals surface area contributed by atoms with E-state index >= 15 is 0 Å². The number of ether oxygens (including phenoxy) is 1. The molecule has 1 saturated carbocycles. The summed E-state index contributed by atoms with van der Waals surface area (Å²) in [5, 5.41) is 31.8. The molecule has 1 aliphatic carbocycles. The average Bonchev–Trinajstić information content (AvgIpc) is 3.24. The maximum Gasteiger partial charge on any atom is 0.416 e. The zero-order chi connectivity index (χ0) is 31.9. The van der Waals surface area contributed by atoms with Crippen molar-refractivity contribution in [3.05, 3.63) is 83.4 Å². The molecule has 3 aromatic rings. The Morgan fingerprint density at radius 3 is 2.32 bits per heavy atom. The first-order chi connectivity index (χ1) is 20.6. The molecule has 1 spiro atoms.